The standard InChI is InChI=1S/C13H14N2O2/c1-10(11-5-3-2-4-6-11)15-9-14-7-12(15)13(17)8-16/h2-7,9-10,16H,8H2,1H3/t10-/m1/s1. The second-order valence-corrected chi connectivity index (χ2v) is 3.85. The number of imidazole rings is 1. The van der Waals surface area contributed by atoms with Crippen LogP contribution in [0.25, 0.3) is 0 Å². The summed E-state index contributed by atoms with van der Waals surface area (Å²) in [7, 11) is 0. The summed E-state index contributed by atoms with van der Waals surface area (Å²) in [5.41, 5.74) is 1.53. The molecular formula is C13H14N2O2. The van der Waals surface area contributed by atoms with Crippen molar-refractivity contribution in [2.75, 3.05) is 6.61 Å². The number of hydrogen-bond donors (Lipinski definition) is 1. The van der Waals surface area contributed by atoms with Crippen molar-refractivity contribution in [1.82, 2.24) is 9.55 Å². The highest BCUT2D eigenvalue weighted by Crippen LogP contribution is 2.19. The molecule has 0 fully saturated rings. The summed E-state index contributed by atoms with van der Waals surface area (Å²) in [6, 6.07) is 9.87. The van der Waals surface area contributed by atoms with E-state index in [2.05, 4.69) is 4.98 Å². The van der Waals surface area contributed by atoms with Crippen LogP contribution in [0.5, 0.6) is 0 Å². The predicted octanol–water partition coefficient (Wildman–Crippen LogP) is 1.67. The first kappa shape index (κ1) is 11.5. The van der Waals surface area contributed by atoms with Crippen molar-refractivity contribution in [1.29, 1.82) is 0 Å². The zero-order valence-corrected chi connectivity index (χ0v) is 9.58. The van der Waals surface area contributed by atoms with E-state index in [4.69, 9.17) is 5.11 Å². The first-order valence-electron chi connectivity index (χ1n) is 5.45. The van der Waals surface area contributed by atoms with Gasteiger partial charge in [0.2, 0.25) is 5.78 Å². The number of aromatic nitrogens is 2. The van der Waals surface area contributed by atoms with Crippen molar-refractivity contribution in [2.45, 2.75) is 13.0 Å². The van der Waals surface area contributed by atoms with Crippen molar-refractivity contribution in [2.24, 2.45) is 0 Å². The van der Waals surface area contributed by atoms with Crippen LogP contribution < -0.4 is 0 Å². The van der Waals surface area contributed by atoms with Crippen LogP contribution in [0.2, 0.25) is 0 Å². The molecule has 0 bridgehead atoms. The lowest BCUT2D eigenvalue weighted by atomic mass is 10.1. The Morgan fingerprint density at radius 1 is 1.41 bits per heavy atom. The van der Waals surface area contributed by atoms with E-state index in [0.29, 0.717) is 5.69 Å². The Bertz CT molecular complexity index is 505. The lowest BCUT2D eigenvalue weighted by Gasteiger charge is -2.16. The summed E-state index contributed by atoms with van der Waals surface area (Å²) in [4.78, 5) is 15.5. The molecule has 0 unspecified atom stereocenters. The number of Topliss-reactive ketones (excluding diaryl/α,β-unsaturated/α-hetero) is 1. The fourth-order valence-electron chi connectivity index (χ4n) is 1.80. The van der Waals surface area contributed by atoms with Crippen LogP contribution in [-0.2, 0) is 0 Å². The monoisotopic (exact) mass is 230 g/mol. The van der Waals surface area contributed by atoms with E-state index in [1.54, 1.807) is 10.9 Å². The van der Waals surface area contributed by atoms with Gasteiger partial charge in [0.25, 0.3) is 0 Å². The molecule has 0 aliphatic heterocycles. The average Bonchev–Trinajstić information content (AvgIpc) is 2.87. The molecule has 0 amide bonds. The van der Waals surface area contributed by atoms with E-state index in [1.165, 1.54) is 6.20 Å². The highest BCUT2D eigenvalue weighted by molar-refractivity contribution is 5.95. The number of rotatable bonds is 4. The molecule has 0 aliphatic rings. The number of benzene rings is 1. The third-order valence-electron chi connectivity index (χ3n) is 2.79. The van der Waals surface area contributed by atoms with Crippen LogP contribution >= 0.6 is 0 Å². The summed E-state index contributed by atoms with van der Waals surface area (Å²) < 4.78 is 1.77. The van der Waals surface area contributed by atoms with Crippen molar-refractivity contribution in [3.05, 3.63) is 54.1 Å². The molecule has 1 heterocycles. The molecular weight excluding hydrogens is 216 g/mol. The molecule has 4 nitrogen and oxygen atoms in total. The summed E-state index contributed by atoms with van der Waals surface area (Å²) in [6.45, 7) is 1.50. The molecule has 4 heteroatoms. The molecule has 0 radical (unpaired) electrons. The van der Waals surface area contributed by atoms with E-state index in [-0.39, 0.29) is 11.8 Å². The third kappa shape index (κ3) is 2.26. The van der Waals surface area contributed by atoms with Gasteiger partial charge in [-0.25, -0.2) is 4.98 Å². The van der Waals surface area contributed by atoms with Gasteiger partial charge in [-0.05, 0) is 12.5 Å². The molecule has 17 heavy (non-hydrogen) atoms. The number of hydrogen-bond acceptors (Lipinski definition) is 3. The van der Waals surface area contributed by atoms with E-state index >= 15 is 0 Å². The van der Waals surface area contributed by atoms with Gasteiger partial charge in [-0.1, -0.05) is 30.3 Å². The molecule has 0 saturated carbocycles. The minimum Gasteiger partial charge on any atom is -0.388 e. The van der Waals surface area contributed by atoms with Crippen LogP contribution in [0.1, 0.15) is 29.0 Å². The maximum atomic E-state index is 11.5. The zero-order chi connectivity index (χ0) is 12.3. The minimum atomic E-state index is -0.493. The van der Waals surface area contributed by atoms with Gasteiger partial charge in [0.1, 0.15) is 12.3 Å². The molecule has 88 valence electrons. The number of ketones is 1. The van der Waals surface area contributed by atoms with E-state index in [0.717, 1.165) is 5.56 Å². The molecule has 1 aromatic heterocycles. The largest absolute Gasteiger partial charge is 0.388 e. The van der Waals surface area contributed by atoms with Gasteiger partial charge < -0.3 is 9.67 Å². The predicted molar refractivity (Wildman–Crippen MR) is 63.9 cm³/mol. The van der Waals surface area contributed by atoms with E-state index < -0.39 is 6.61 Å². The minimum absolute atomic E-state index is 0.0178. The second kappa shape index (κ2) is 4.93. The third-order valence-corrected chi connectivity index (χ3v) is 2.79. The van der Waals surface area contributed by atoms with Gasteiger partial charge in [0.15, 0.2) is 0 Å². The highest BCUT2D eigenvalue weighted by Gasteiger charge is 2.15. The Labute approximate surface area is 99.5 Å². The Balaban J connectivity index is 2.35. The average molecular weight is 230 g/mol. The van der Waals surface area contributed by atoms with Gasteiger partial charge in [0.05, 0.1) is 18.6 Å². The van der Waals surface area contributed by atoms with Crippen LogP contribution in [0.3, 0.4) is 0 Å². The van der Waals surface area contributed by atoms with Crippen molar-refractivity contribution in [3.8, 4) is 0 Å². The van der Waals surface area contributed by atoms with Crippen LogP contribution in [0, 0.1) is 0 Å². The van der Waals surface area contributed by atoms with Crippen LogP contribution in [0.15, 0.2) is 42.9 Å². The molecule has 0 aliphatic carbocycles. The van der Waals surface area contributed by atoms with Gasteiger partial charge in [-0.15, -0.1) is 0 Å². The number of nitrogens with zero attached hydrogens (tertiary/aromatic N) is 2. The Morgan fingerprint density at radius 2 is 2.12 bits per heavy atom. The van der Waals surface area contributed by atoms with Gasteiger partial charge in [-0.2, -0.15) is 0 Å². The van der Waals surface area contributed by atoms with Crippen LogP contribution in [0.4, 0.5) is 0 Å². The van der Waals surface area contributed by atoms with Gasteiger partial charge in [-0.3, -0.25) is 4.79 Å². The Morgan fingerprint density at radius 3 is 2.76 bits per heavy atom. The fraction of sp³-hybridized carbons (Fsp3) is 0.231. The van der Waals surface area contributed by atoms with Gasteiger partial charge >= 0.3 is 0 Å². The maximum absolute atomic E-state index is 11.5. The molecule has 0 spiro atoms. The van der Waals surface area contributed by atoms with E-state index in [1.807, 2.05) is 37.3 Å². The zero-order valence-electron chi connectivity index (χ0n) is 9.58. The Hall–Kier alpha value is -1.94. The second-order valence-electron chi connectivity index (χ2n) is 3.85. The van der Waals surface area contributed by atoms with Crippen molar-refractivity contribution >= 4 is 5.78 Å². The molecule has 1 atom stereocenters. The van der Waals surface area contributed by atoms with E-state index in [9.17, 15) is 4.79 Å². The number of carbonyl (C=O) groups is 1. The highest BCUT2D eigenvalue weighted by atomic mass is 16.3. The molecule has 2 rings (SSSR count). The molecule has 1 N–H and O–H groups in total. The lowest BCUT2D eigenvalue weighted by Crippen LogP contribution is -2.15. The molecule has 1 aromatic carbocycles. The summed E-state index contributed by atoms with van der Waals surface area (Å²) in [6.07, 6.45) is 3.10. The molecule has 2 aromatic rings. The number of aliphatic hydroxyl groups is 1. The van der Waals surface area contributed by atoms with Crippen molar-refractivity contribution < 1.29 is 9.90 Å². The first-order chi connectivity index (χ1) is 8.24. The summed E-state index contributed by atoms with van der Waals surface area (Å²) >= 11 is 0. The normalized spacial score (nSPS) is 12.4. The molecule has 0 saturated heterocycles. The maximum Gasteiger partial charge on any atom is 0.206 e. The van der Waals surface area contributed by atoms with Crippen molar-refractivity contribution in [3.63, 3.8) is 0 Å². The van der Waals surface area contributed by atoms with Gasteiger partial charge in [0, 0.05) is 0 Å². The number of aliphatic hydroxyl groups excluding tert-OH is 1. The number of carbonyl (C=O) groups excluding carboxylic acids is 1. The fourth-order valence-corrected chi connectivity index (χ4v) is 1.80. The smallest absolute Gasteiger partial charge is 0.206 e. The Kier molecular flexibility index (Phi) is 3.35. The quantitative estimate of drug-likeness (QED) is 0.813. The van der Waals surface area contributed by atoms with Crippen LogP contribution in [-0.4, -0.2) is 27.0 Å². The SMILES string of the molecule is C[C@H](c1ccccc1)n1cncc1C(=O)CO. The summed E-state index contributed by atoms with van der Waals surface area (Å²) in [5.74, 6) is -0.315. The first-order valence-corrected chi connectivity index (χ1v) is 5.45. The lowest BCUT2D eigenvalue weighted by molar-refractivity contribution is 0.0893. The topological polar surface area (TPSA) is 55.1 Å². The summed E-state index contributed by atoms with van der Waals surface area (Å²) in [5, 5.41) is 8.89.